The Morgan fingerprint density at radius 1 is 0.923 bits per heavy atom. The second-order valence-electron chi connectivity index (χ2n) is 10.0. The maximum absolute atomic E-state index is 4.12. The van der Waals surface area contributed by atoms with Crippen molar-refractivity contribution in [2.24, 2.45) is 16.2 Å². The molecule has 2 aromatic rings. The molecule has 0 aliphatic rings. The highest BCUT2D eigenvalue weighted by atomic mass is 15.3. The molecule has 0 amide bonds. The Morgan fingerprint density at radius 2 is 1.54 bits per heavy atom. The Bertz CT molecular complexity index is 678. The molecule has 1 atom stereocenters. The third-order valence-corrected chi connectivity index (χ3v) is 7.67. The summed E-state index contributed by atoms with van der Waals surface area (Å²) < 4.78 is 2.07. The molecule has 0 radical (unpaired) electrons. The fraction of sp³-hybridized carbons (Fsp3) is 0.652. The summed E-state index contributed by atoms with van der Waals surface area (Å²) in [5.41, 5.74) is 1.96. The van der Waals surface area contributed by atoms with Crippen LogP contribution in [0.4, 0.5) is 0 Å². The molecule has 0 aliphatic heterocycles. The van der Waals surface area contributed by atoms with E-state index in [-0.39, 0.29) is 21.7 Å². The van der Waals surface area contributed by atoms with Gasteiger partial charge >= 0.3 is 6.33 Å². The highest BCUT2D eigenvalue weighted by molar-refractivity contribution is 5.28. The van der Waals surface area contributed by atoms with E-state index in [1.54, 1.807) is 6.33 Å². The quantitative estimate of drug-likeness (QED) is 0.650. The van der Waals surface area contributed by atoms with Gasteiger partial charge in [0.25, 0.3) is 0 Å². The lowest BCUT2D eigenvalue weighted by atomic mass is 9.44. The van der Waals surface area contributed by atoms with Crippen LogP contribution in [0.15, 0.2) is 43.0 Å². The van der Waals surface area contributed by atoms with E-state index in [0.29, 0.717) is 0 Å². The standard InChI is InChI=1S/C23H37N3/c1-20(2,3)23(8,15-12-16-26-18-24-17-25-26)22(6,7)21(4,5)19-13-10-9-11-14-19/h9-11,13-14,17-18H,12,15-16H2,1-8H3/p+1. The van der Waals surface area contributed by atoms with Crippen molar-refractivity contribution in [3.05, 3.63) is 48.5 Å². The van der Waals surface area contributed by atoms with Crippen molar-refractivity contribution in [2.75, 3.05) is 0 Å². The van der Waals surface area contributed by atoms with Gasteiger partial charge in [0.2, 0.25) is 6.33 Å². The fourth-order valence-electron chi connectivity index (χ4n) is 4.51. The minimum absolute atomic E-state index is 0.0669. The molecule has 0 fully saturated rings. The second kappa shape index (κ2) is 7.17. The van der Waals surface area contributed by atoms with Gasteiger partial charge < -0.3 is 0 Å². The molecule has 26 heavy (non-hydrogen) atoms. The number of aromatic nitrogens is 3. The van der Waals surface area contributed by atoms with Crippen LogP contribution in [0.5, 0.6) is 0 Å². The number of hydrogen-bond donors (Lipinski definition) is 1. The Labute approximate surface area is 160 Å². The smallest absolute Gasteiger partial charge is 0.194 e. The maximum Gasteiger partial charge on any atom is 0.306 e. The molecule has 2 rings (SSSR count). The molecular weight excluding hydrogens is 318 g/mol. The summed E-state index contributed by atoms with van der Waals surface area (Å²) in [5.74, 6) is 0. The van der Waals surface area contributed by atoms with E-state index in [0.717, 1.165) is 13.0 Å². The Kier molecular flexibility index (Phi) is 5.70. The van der Waals surface area contributed by atoms with E-state index in [1.165, 1.54) is 12.0 Å². The molecule has 0 saturated heterocycles. The summed E-state index contributed by atoms with van der Waals surface area (Å²) in [4.78, 5) is 4.12. The zero-order valence-electron chi connectivity index (χ0n) is 18.1. The average Bonchev–Trinajstić information content (AvgIpc) is 3.07. The Morgan fingerprint density at radius 3 is 2.04 bits per heavy atom. The van der Waals surface area contributed by atoms with Gasteiger partial charge in [0.05, 0.1) is 0 Å². The molecule has 1 aromatic heterocycles. The van der Waals surface area contributed by atoms with Crippen LogP contribution in [0.1, 0.15) is 73.8 Å². The largest absolute Gasteiger partial charge is 0.306 e. The molecule has 1 unspecified atom stereocenters. The number of H-pyrrole nitrogens is 1. The van der Waals surface area contributed by atoms with Gasteiger partial charge in [-0.1, -0.05) is 85.7 Å². The zero-order valence-corrected chi connectivity index (χ0v) is 18.1. The van der Waals surface area contributed by atoms with Crippen molar-refractivity contribution >= 4 is 0 Å². The lowest BCUT2D eigenvalue weighted by molar-refractivity contribution is -0.751. The van der Waals surface area contributed by atoms with E-state index in [2.05, 4.69) is 100 Å². The number of nitrogens with one attached hydrogen (secondary N) is 1. The lowest BCUT2D eigenvalue weighted by Crippen LogP contribution is -2.54. The molecule has 0 saturated carbocycles. The lowest BCUT2D eigenvalue weighted by Gasteiger charge is -2.60. The minimum Gasteiger partial charge on any atom is -0.194 e. The molecular formula is C23H38N3+. The first-order valence-electron chi connectivity index (χ1n) is 9.87. The monoisotopic (exact) mass is 356 g/mol. The van der Waals surface area contributed by atoms with E-state index in [4.69, 9.17) is 0 Å². The molecule has 0 spiro atoms. The van der Waals surface area contributed by atoms with E-state index >= 15 is 0 Å². The molecule has 1 N–H and O–H groups in total. The van der Waals surface area contributed by atoms with Crippen LogP contribution < -0.4 is 4.68 Å². The van der Waals surface area contributed by atoms with Gasteiger partial charge in [-0.2, -0.15) is 9.78 Å². The van der Waals surface area contributed by atoms with Crippen LogP contribution in [-0.2, 0) is 12.0 Å². The Balaban J connectivity index is 2.34. The molecule has 3 nitrogen and oxygen atoms in total. The predicted molar refractivity (Wildman–Crippen MR) is 109 cm³/mol. The summed E-state index contributed by atoms with van der Waals surface area (Å²) in [7, 11) is 0. The first-order chi connectivity index (χ1) is 11.9. The SMILES string of the molecule is CC(C)(C)C(C)(CCC[n+]1cnc[nH]1)C(C)(C)C(C)(C)c1ccccc1. The summed E-state index contributed by atoms with van der Waals surface area (Å²) in [5, 5.41) is 3.16. The van der Waals surface area contributed by atoms with E-state index in [9.17, 15) is 0 Å². The van der Waals surface area contributed by atoms with E-state index in [1.807, 2.05) is 6.33 Å². The molecule has 144 valence electrons. The summed E-state index contributed by atoms with van der Waals surface area (Å²) >= 11 is 0. The van der Waals surface area contributed by atoms with Gasteiger partial charge in [0, 0.05) is 0 Å². The average molecular weight is 357 g/mol. The molecule has 3 heteroatoms. The van der Waals surface area contributed by atoms with Gasteiger partial charge in [-0.05, 0) is 45.0 Å². The molecule has 1 heterocycles. The van der Waals surface area contributed by atoms with Crippen molar-refractivity contribution in [3.63, 3.8) is 0 Å². The Hall–Kier alpha value is -1.64. The van der Waals surface area contributed by atoms with Gasteiger partial charge in [0.1, 0.15) is 6.54 Å². The number of rotatable bonds is 7. The normalized spacial score (nSPS) is 15.7. The van der Waals surface area contributed by atoms with Crippen LogP contribution in [-0.4, -0.2) is 10.1 Å². The maximum atomic E-state index is 4.12. The van der Waals surface area contributed by atoms with Crippen molar-refractivity contribution < 1.29 is 4.68 Å². The third-order valence-electron chi connectivity index (χ3n) is 7.67. The molecule has 0 aliphatic carbocycles. The van der Waals surface area contributed by atoms with Crippen molar-refractivity contribution in [2.45, 2.75) is 80.2 Å². The number of benzene rings is 1. The van der Waals surface area contributed by atoms with Crippen LogP contribution in [0.25, 0.3) is 0 Å². The third kappa shape index (κ3) is 3.58. The highest BCUT2D eigenvalue weighted by Crippen LogP contribution is 2.61. The van der Waals surface area contributed by atoms with Crippen molar-refractivity contribution in [1.82, 2.24) is 10.1 Å². The number of aryl methyl sites for hydroxylation is 1. The van der Waals surface area contributed by atoms with Crippen LogP contribution in [0.3, 0.4) is 0 Å². The van der Waals surface area contributed by atoms with Crippen LogP contribution in [0.2, 0.25) is 0 Å². The summed E-state index contributed by atoms with van der Waals surface area (Å²) in [6.07, 6.45) is 5.92. The first kappa shape index (κ1) is 20.7. The van der Waals surface area contributed by atoms with Gasteiger partial charge in [-0.3, -0.25) is 0 Å². The number of nitrogens with zero attached hydrogens (tertiary/aromatic N) is 2. The fourth-order valence-corrected chi connectivity index (χ4v) is 4.51. The number of hydrogen-bond acceptors (Lipinski definition) is 1. The van der Waals surface area contributed by atoms with Crippen LogP contribution >= 0.6 is 0 Å². The zero-order chi connectivity index (χ0) is 19.6. The first-order valence-corrected chi connectivity index (χ1v) is 9.87. The van der Waals surface area contributed by atoms with Crippen LogP contribution in [0, 0.1) is 16.2 Å². The minimum atomic E-state index is 0.0669. The van der Waals surface area contributed by atoms with Gasteiger partial charge in [0.15, 0.2) is 0 Å². The predicted octanol–water partition coefficient (Wildman–Crippen LogP) is 5.53. The molecule has 0 bridgehead atoms. The summed E-state index contributed by atoms with van der Waals surface area (Å²) in [6, 6.07) is 11.0. The van der Waals surface area contributed by atoms with Gasteiger partial charge in [-0.15, -0.1) is 0 Å². The summed E-state index contributed by atoms with van der Waals surface area (Å²) in [6.45, 7) is 20.4. The second-order valence-corrected chi connectivity index (χ2v) is 10.0. The molecule has 1 aromatic carbocycles. The topological polar surface area (TPSA) is 32.6 Å². The van der Waals surface area contributed by atoms with Crippen molar-refractivity contribution in [3.8, 4) is 0 Å². The van der Waals surface area contributed by atoms with Crippen molar-refractivity contribution in [1.29, 1.82) is 0 Å². The van der Waals surface area contributed by atoms with Gasteiger partial charge in [-0.25, -0.2) is 0 Å². The number of aromatic amines is 1. The highest BCUT2D eigenvalue weighted by Gasteiger charge is 2.55. The van der Waals surface area contributed by atoms with E-state index < -0.39 is 0 Å².